The minimum atomic E-state index is 0.858. The summed E-state index contributed by atoms with van der Waals surface area (Å²) in [7, 11) is 1.67. The van der Waals surface area contributed by atoms with E-state index in [2.05, 4.69) is 33.9 Å². The molecule has 0 aliphatic rings. The number of halogens is 1. The summed E-state index contributed by atoms with van der Waals surface area (Å²) in [6, 6.07) is 7.98. The number of hydrogen-bond donors (Lipinski definition) is 0. The topological polar surface area (TPSA) is 22.1 Å². The largest absolute Gasteiger partial charge is 0.497 e. The van der Waals surface area contributed by atoms with Crippen molar-refractivity contribution in [1.29, 1.82) is 0 Å². The number of pyridine rings is 1. The summed E-state index contributed by atoms with van der Waals surface area (Å²) in [6.07, 6.45) is 3.67. The zero-order chi connectivity index (χ0) is 11.5. The number of methoxy groups -OCH3 is 1. The number of benzene rings is 1. The third-order valence-corrected chi connectivity index (χ3v) is 3.33. The zero-order valence-electron chi connectivity index (χ0n) is 9.20. The van der Waals surface area contributed by atoms with Crippen molar-refractivity contribution in [3.63, 3.8) is 0 Å². The second-order valence-electron chi connectivity index (χ2n) is 3.53. The third-order valence-electron chi connectivity index (χ3n) is 2.53. The van der Waals surface area contributed by atoms with Gasteiger partial charge in [0.1, 0.15) is 5.75 Å². The highest BCUT2D eigenvalue weighted by atomic mass is 79.9. The van der Waals surface area contributed by atoms with Crippen LogP contribution in [0.25, 0.3) is 11.1 Å². The molecule has 0 bridgehead atoms. The molecule has 0 N–H and O–H groups in total. The van der Waals surface area contributed by atoms with Gasteiger partial charge in [-0.2, -0.15) is 0 Å². The summed E-state index contributed by atoms with van der Waals surface area (Å²) in [5.41, 5.74) is 3.42. The van der Waals surface area contributed by atoms with Gasteiger partial charge in [-0.25, -0.2) is 0 Å². The van der Waals surface area contributed by atoms with Crippen LogP contribution in [-0.4, -0.2) is 12.1 Å². The molecule has 0 saturated heterocycles. The van der Waals surface area contributed by atoms with E-state index in [9.17, 15) is 0 Å². The highest BCUT2D eigenvalue weighted by molar-refractivity contribution is 9.10. The van der Waals surface area contributed by atoms with Crippen LogP contribution in [-0.2, 0) is 0 Å². The first-order chi connectivity index (χ1) is 7.72. The highest BCUT2D eigenvalue weighted by Gasteiger charge is 2.05. The molecule has 0 spiro atoms. The number of hydrogen-bond acceptors (Lipinski definition) is 2. The van der Waals surface area contributed by atoms with Gasteiger partial charge in [-0.05, 0) is 46.1 Å². The number of ether oxygens (including phenoxy) is 1. The summed E-state index contributed by atoms with van der Waals surface area (Å²) in [6.45, 7) is 2.07. The molecule has 1 aromatic heterocycles. The smallest absolute Gasteiger partial charge is 0.119 e. The molecule has 3 heteroatoms. The van der Waals surface area contributed by atoms with Crippen molar-refractivity contribution in [1.82, 2.24) is 4.98 Å². The molecule has 0 amide bonds. The standard InChI is InChI=1S/C13H12BrNO/c1-9-12(7-15-8-13(9)14)10-4-3-5-11(6-10)16-2/h3-8H,1-2H3. The van der Waals surface area contributed by atoms with Crippen molar-refractivity contribution in [3.05, 3.63) is 46.7 Å². The molecule has 2 nitrogen and oxygen atoms in total. The Morgan fingerprint density at radius 3 is 2.81 bits per heavy atom. The van der Waals surface area contributed by atoms with Crippen molar-refractivity contribution in [2.75, 3.05) is 7.11 Å². The summed E-state index contributed by atoms with van der Waals surface area (Å²) in [5, 5.41) is 0. The normalized spacial score (nSPS) is 10.2. The van der Waals surface area contributed by atoms with Crippen LogP contribution in [0, 0.1) is 6.92 Å². The summed E-state index contributed by atoms with van der Waals surface area (Å²) in [5.74, 6) is 0.858. The van der Waals surface area contributed by atoms with Crippen molar-refractivity contribution in [3.8, 4) is 16.9 Å². The summed E-state index contributed by atoms with van der Waals surface area (Å²) < 4.78 is 6.24. The van der Waals surface area contributed by atoms with Crippen molar-refractivity contribution in [2.45, 2.75) is 6.92 Å². The van der Waals surface area contributed by atoms with E-state index in [1.54, 1.807) is 13.3 Å². The van der Waals surface area contributed by atoms with Crippen LogP contribution in [0.5, 0.6) is 5.75 Å². The molecule has 0 atom stereocenters. The Morgan fingerprint density at radius 1 is 1.25 bits per heavy atom. The minimum absolute atomic E-state index is 0.858. The van der Waals surface area contributed by atoms with Gasteiger partial charge in [0.05, 0.1) is 7.11 Å². The maximum Gasteiger partial charge on any atom is 0.119 e. The van der Waals surface area contributed by atoms with Crippen LogP contribution in [0.15, 0.2) is 41.1 Å². The van der Waals surface area contributed by atoms with E-state index in [1.165, 1.54) is 5.56 Å². The predicted octanol–water partition coefficient (Wildman–Crippen LogP) is 3.83. The van der Waals surface area contributed by atoms with Crippen LogP contribution >= 0.6 is 15.9 Å². The second-order valence-corrected chi connectivity index (χ2v) is 4.38. The molecular weight excluding hydrogens is 266 g/mol. The van der Waals surface area contributed by atoms with E-state index in [1.807, 2.05) is 24.4 Å². The Hall–Kier alpha value is -1.35. The number of rotatable bonds is 2. The van der Waals surface area contributed by atoms with E-state index < -0.39 is 0 Å². The van der Waals surface area contributed by atoms with Gasteiger partial charge in [0.2, 0.25) is 0 Å². The van der Waals surface area contributed by atoms with Gasteiger partial charge in [-0.3, -0.25) is 4.98 Å². The Morgan fingerprint density at radius 2 is 2.06 bits per heavy atom. The van der Waals surface area contributed by atoms with Crippen LogP contribution in [0.4, 0.5) is 0 Å². The van der Waals surface area contributed by atoms with Gasteiger partial charge in [-0.15, -0.1) is 0 Å². The lowest BCUT2D eigenvalue weighted by Gasteiger charge is -2.08. The molecule has 1 heterocycles. The molecule has 16 heavy (non-hydrogen) atoms. The van der Waals surface area contributed by atoms with Crippen LogP contribution in [0.2, 0.25) is 0 Å². The molecular formula is C13H12BrNO. The first-order valence-corrected chi connectivity index (χ1v) is 5.76. The van der Waals surface area contributed by atoms with Gasteiger partial charge in [0.25, 0.3) is 0 Å². The molecule has 2 rings (SSSR count). The van der Waals surface area contributed by atoms with Crippen molar-refractivity contribution >= 4 is 15.9 Å². The lowest BCUT2D eigenvalue weighted by molar-refractivity contribution is 0.415. The van der Waals surface area contributed by atoms with E-state index >= 15 is 0 Å². The maximum atomic E-state index is 5.21. The second kappa shape index (κ2) is 4.66. The van der Waals surface area contributed by atoms with Gasteiger partial charge in [-0.1, -0.05) is 12.1 Å². The molecule has 0 aliphatic heterocycles. The molecule has 0 saturated carbocycles. The molecule has 2 aromatic rings. The van der Waals surface area contributed by atoms with Crippen LogP contribution in [0.3, 0.4) is 0 Å². The van der Waals surface area contributed by atoms with Crippen molar-refractivity contribution in [2.24, 2.45) is 0 Å². The lowest BCUT2D eigenvalue weighted by atomic mass is 10.0. The summed E-state index contributed by atoms with van der Waals surface area (Å²) in [4.78, 5) is 4.19. The number of nitrogens with zero attached hydrogens (tertiary/aromatic N) is 1. The van der Waals surface area contributed by atoms with Gasteiger partial charge < -0.3 is 4.74 Å². The highest BCUT2D eigenvalue weighted by Crippen LogP contribution is 2.29. The average Bonchev–Trinajstić information content (AvgIpc) is 2.33. The quantitative estimate of drug-likeness (QED) is 0.833. The average molecular weight is 278 g/mol. The SMILES string of the molecule is COc1cccc(-c2cncc(Br)c2C)c1. The molecule has 0 radical (unpaired) electrons. The van der Waals surface area contributed by atoms with Gasteiger partial charge in [0, 0.05) is 22.4 Å². The van der Waals surface area contributed by atoms with Gasteiger partial charge in [0.15, 0.2) is 0 Å². The van der Waals surface area contributed by atoms with E-state index in [0.29, 0.717) is 0 Å². The zero-order valence-corrected chi connectivity index (χ0v) is 10.8. The predicted molar refractivity (Wildman–Crippen MR) is 68.7 cm³/mol. The fourth-order valence-electron chi connectivity index (χ4n) is 1.58. The molecule has 82 valence electrons. The van der Waals surface area contributed by atoms with Crippen LogP contribution in [0.1, 0.15) is 5.56 Å². The molecule has 0 fully saturated rings. The van der Waals surface area contributed by atoms with E-state index in [0.717, 1.165) is 21.3 Å². The molecule has 1 aromatic carbocycles. The van der Waals surface area contributed by atoms with E-state index in [4.69, 9.17) is 4.74 Å². The number of aromatic nitrogens is 1. The van der Waals surface area contributed by atoms with Gasteiger partial charge >= 0.3 is 0 Å². The van der Waals surface area contributed by atoms with Crippen molar-refractivity contribution < 1.29 is 4.74 Å². The maximum absolute atomic E-state index is 5.21. The third kappa shape index (κ3) is 2.09. The van der Waals surface area contributed by atoms with Crippen LogP contribution < -0.4 is 4.74 Å². The Bertz CT molecular complexity index is 511. The Kier molecular flexibility index (Phi) is 3.25. The Labute approximate surface area is 103 Å². The molecule has 0 aliphatic carbocycles. The fraction of sp³-hybridized carbons (Fsp3) is 0.154. The first-order valence-electron chi connectivity index (χ1n) is 4.97. The van der Waals surface area contributed by atoms with E-state index in [-0.39, 0.29) is 0 Å². The summed E-state index contributed by atoms with van der Waals surface area (Å²) >= 11 is 3.49. The molecule has 0 unspecified atom stereocenters. The lowest BCUT2D eigenvalue weighted by Crippen LogP contribution is -1.88. The fourth-order valence-corrected chi connectivity index (χ4v) is 1.91. The Balaban J connectivity index is 2.54. The minimum Gasteiger partial charge on any atom is -0.497 e. The first kappa shape index (κ1) is 11.1. The monoisotopic (exact) mass is 277 g/mol.